The van der Waals surface area contributed by atoms with E-state index in [1.165, 1.54) is 10.6 Å². The Hall–Kier alpha value is -0.850. The number of hydrogen-bond donors (Lipinski definition) is 1. The summed E-state index contributed by atoms with van der Waals surface area (Å²) in [5, 5.41) is 0. The number of hydrogen-bond acceptors (Lipinski definition) is 13. The summed E-state index contributed by atoms with van der Waals surface area (Å²) in [7, 11) is -15.2. The topological polar surface area (TPSA) is 195 Å². The van der Waals surface area contributed by atoms with Gasteiger partial charge in [0, 0.05) is 39.2 Å². The van der Waals surface area contributed by atoms with Gasteiger partial charge in [-0.2, -0.15) is 9.51 Å². The number of nitrogens with zero attached hydrogens (tertiary/aromatic N) is 6. The second-order valence-electron chi connectivity index (χ2n) is 13.6. The fraction of sp³-hybridized carbons (Fsp3) is 0.824. The number of aromatic nitrogens is 2. The van der Waals surface area contributed by atoms with Crippen molar-refractivity contribution in [3.05, 3.63) is 34.9 Å². The van der Waals surface area contributed by atoms with Crippen LogP contribution in [0.1, 0.15) is 95.5 Å². The third-order valence-corrected chi connectivity index (χ3v) is 17.1. The summed E-state index contributed by atoms with van der Waals surface area (Å²) in [6, 6.07) is 1.16. The summed E-state index contributed by atoms with van der Waals surface area (Å²) in [6.07, 6.45) is 5.60. The van der Waals surface area contributed by atoms with Crippen LogP contribution in [0.4, 0.5) is 5.82 Å². The van der Waals surface area contributed by atoms with Crippen LogP contribution in [0.25, 0.3) is 0 Å². The van der Waals surface area contributed by atoms with E-state index >= 15 is 14.7 Å². The molecule has 0 amide bonds. The van der Waals surface area contributed by atoms with Crippen LogP contribution in [0.3, 0.4) is 0 Å². The molecule has 18 nitrogen and oxygen atoms in total. The Morgan fingerprint density at radius 3 is 1.38 bits per heavy atom. The predicted octanol–water partition coefficient (Wildman–Crippen LogP) is 4.34. The molecule has 0 saturated heterocycles. The van der Waals surface area contributed by atoms with Crippen LogP contribution in [0, 0.1) is 5.92 Å². The van der Waals surface area contributed by atoms with Crippen LogP contribution in [0.2, 0.25) is 0 Å². The first-order chi connectivity index (χ1) is 25.8. The van der Waals surface area contributed by atoms with Gasteiger partial charge < -0.3 is 20.4 Å². The van der Waals surface area contributed by atoms with Gasteiger partial charge in [-0.15, -0.1) is 18.6 Å². The van der Waals surface area contributed by atoms with Crippen LogP contribution in [-0.2, 0) is 31.6 Å². The monoisotopic (exact) mass is 847 g/mol. The highest BCUT2D eigenvalue weighted by molar-refractivity contribution is 7.73. The van der Waals surface area contributed by atoms with E-state index in [-0.39, 0.29) is 43.0 Å². The van der Waals surface area contributed by atoms with Gasteiger partial charge >= 0.3 is 30.2 Å². The van der Waals surface area contributed by atoms with E-state index in [4.69, 9.17) is 37.4 Å². The van der Waals surface area contributed by atoms with Crippen molar-refractivity contribution in [2.75, 3.05) is 90.9 Å². The van der Waals surface area contributed by atoms with Crippen molar-refractivity contribution in [2.45, 2.75) is 95.5 Å². The second kappa shape index (κ2) is 21.4. The lowest BCUT2D eigenvalue weighted by Gasteiger charge is -2.40. The zero-order valence-corrected chi connectivity index (χ0v) is 38.1. The van der Waals surface area contributed by atoms with Gasteiger partial charge in [0.1, 0.15) is 91.0 Å². The molecule has 1 aliphatic carbocycles. The molecule has 320 valence electrons. The lowest BCUT2D eigenvalue weighted by Crippen LogP contribution is -2.54. The van der Waals surface area contributed by atoms with Crippen molar-refractivity contribution in [1.82, 2.24) is 9.55 Å². The van der Waals surface area contributed by atoms with Gasteiger partial charge in [-0.3, -0.25) is 4.57 Å². The Labute approximate surface area is 331 Å². The Balaban J connectivity index is 2.73. The third kappa shape index (κ3) is 13.1. The molecule has 0 bridgehead atoms. The lowest BCUT2D eigenvalue weighted by atomic mass is 10.1. The largest absolute Gasteiger partial charge is 0.598 e. The molecule has 1 aromatic rings. The SMILES string of the molecule is CC[N+](CC)(CC)O[P+]([O-])(OC[C@H]1C=C[C@@H](n2ccc(N)nc2=O)C1)O[P+]([O-])(O[N+](CC)(CC)CC)O[P+]([O-])(O[N+](CC)(CC)CC)O[N+](CC)(CC)CC. The van der Waals surface area contributed by atoms with Crippen molar-refractivity contribution >= 4 is 30.3 Å². The Bertz CT molecular complexity index is 1350. The first kappa shape index (κ1) is 50.3. The summed E-state index contributed by atoms with van der Waals surface area (Å²) < 4.78 is 43.9. The van der Waals surface area contributed by atoms with Crippen LogP contribution in [0.15, 0.2) is 29.2 Å². The van der Waals surface area contributed by atoms with Crippen LogP contribution in [0.5, 0.6) is 0 Å². The van der Waals surface area contributed by atoms with E-state index < -0.39 is 30.2 Å². The minimum atomic E-state index is -5.29. The molecule has 2 rings (SSSR count). The fourth-order valence-corrected chi connectivity index (χ4v) is 13.2. The molecule has 0 saturated carbocycles. The summed E-state index contributed by atoms with van der Waals surface area (Å²) in [6.45, 7) is 26.2. The van der Waals surface area contributed by atoms with Crippen LogP contribution >= 0.6 is 24.5 Å². The number of nitrogens with two attached hydrogens (primary N) is 1. The van der Waals surface area contributed by atoms with E-state index in [9.17, 15) is 4.79 Å². The smallest absolute Gasteiger partial charge is 0.564 e. The van der Waals surface area contributed by atoms with Gasteiger partial charge in [0.25, 0.3) is 0 Å². The molecular formula is C34H72N7O11P3+4. The van der Waals surface area contributed by atoms with Gasteiger partial charge in [0.15, 0.2) is 0 Å². The second-order valence-corrected chi connectivity index (χ2v) is 18.5. The van der Waals surface area contributed by atoms with Gasteiger partial charge in [0.2, 0.25) is 0 Å². The van der Waals surface area contributed by atoms with Crippen molar-refractivity contribution in [3.8, 4) is 0 Å². The number of allylic oxidation sites excluding steroid dienone is 1. The number of rotatable bonds is 28. The number of quaternary nitrogens is 4. The molecule has 0 aliphatic heterocycles. The molecule has 0 fully saturated rings. The van der Waals surface area contributed by atoms with E-state index in [2.05, 4.69) is 4.98 Å². The van der Waals surface area contributed by atoms with E-state index in [1.54, 1.807) is 6.20 Å². The molecule has 1 heterocycles. The summed E-state index contributed by atoms with van der Waals surface area (Å²) in [5.41, 5.74) is 5.18. The Kier molecular flexibility index (Phi) is 19.6. The molecule has 1 aromatic heterocycles. The lowest BCUT2D eigenvalue weighted by molar-refractivity contribution is -1.11. The zero-order valence-electron chi connectivity index (χ0n) is 35.5. The number of phosphoric acid groups is 3. The maximum absolute atomic E-state index is 15.5. The fourth-order valence-electron chi connectivity index (χ4n) is 6.57. The molecule has 21 heteroatoms. The number of hydroxylamine groups is 12. The minimum absolute atomic E-state index is 0.112. The van der Waals surface area contributed by atoms with Gasteiger partial charge in [0.05, 0.1) is 6.04 Å². The Morgan fingerprint density at radius 2 is 1.00 bits per heavy atom. The molecule has 1 aliphatic rings. The highest BCUT2D eigenvalue weighted by atomic mass is 31.3. The van der Waals surface area contributed by atoms with Crippen LogP contribution < -0.4 is 26.1 Å². The van der Waals surface area contributed by atoms with E-state index in [0.29, 0.717) is 85.0 Å². The zero-order chi connectivity index (χ0) is 41.8. The molecule has 2 unspecified atom stereocenters. The maximum Gasteiger partial charge on any atom is 0.564 e. The average molecular weight is 848 g/mol. The van der Waals surface area contributed by atoms with Crippen molar-refractivity contribution in [2.24, 2.45) is 5.92 Å². The standard InChI is InChI=1S/C34H71N7O11P3/c1-13-38(14-2,15-3)47-53(43,46-30-31-25-26-32(29-31)37-28-27-33(35)36-34(37)42)51-55(45,50-41(22-10,23-11)24-12)52-54(44,48-39(16-4,17-5)18-6)49-40(19-7,20-8)21-9/h25-28,31-32H,13-24,29-30H2,1-12H3,(H-,35,36,42)/q+3/p+1/t31-,32+,53?,55?/m0/s1. The van der Waals surface area contributed by atoms with Crippen molar-refractivity contribution in [3.63, 3.8) is 0 Å². The first-order valence-electron chi connectivity index (χ1n) is 20.0. The summed E-state index contributed by atoms with van der Waals surface area (Å²) >= 11 is 0. The van der Waals surface area contributed by atoms with E-state index in [0.717, 1.165) is 0 Å². The highest BCUT2D eigenvalue weighted by Gasteiger charge is 2.71. The maximum atomic E-state index is 15.5. The minimum Gasteiger partial charge on any atom is -0.598 e. The Morgan fingerprint density at radius 1 is 0.636 bits per heavy atom. The molecule has 55 heavy (non-hydrogen) atoms. The highest BCUT2D eigenvalue weighted by Crippen LogP contribution is 2.79. The molecule has 0 spiro atoms. The molecule has 0 radical (unpaired) electrons. The number of anilines is 1. The van der Waals surface area contributed by atoms with Gasteiger partial charge in [-0.25, -0.2) is 4.79 Å². The van der Waals surface area contributed by atoms with Crippen LogP contribution in [-0.4, -0.2) is 113 Å². The molecule has 4 atom stereocenters. The third-order valence-electron chi connectivity index (χ3n) is 11.2. The van der Waals surface area contributed by atoms with Gasteiger partial charge in [-0.1, -0.05) is 12.2 Å². The first-order valence-corrected chi connectivity index (χ1v) is 24.4. The molecule has 0 aromatic carbocycles. The quantitative estimate of drug-likeness (QED) is 0.0542. The van der Waals surface area contributed by atoms with E-state index in [1.807, 2.05) is 95.2 Å². The normalized spacial score (nSPS) is 19.5. The van der Waals surface area contributed by atoms with Crippen molar-refractivity contribution in [1.29, 1.82) is 0 Å². The predicted molar refractivity (Wildman–Crippen MR) is 210 cm³/mol. The average Bonchev–Trinajstić information content (AvgIpc) is 3.65. The van der Waals surface area contributed by atoms with Crippen molar-refractivity contribution < 1.29 is 64.9 Å². The number of nitrogen functional groups attached to an aromatic ring is 1. The van der Waals surface area contributed by atoms with Gasteiger partial charge in [-0.05, 0) is 95.6 Å². The molecule has 2 N–H and O–H groups in total. The summed E-state index contributed by atoms with van der Waals surface area (Å²) in [4.78, 5) is 62.2. The summed E-state index contributed by atoms with van der Waals surface area (Å²) in [5.74, 6) is -0.257. The molecular weight excluding hydrogens is 775 g/mol.